The maximum absolute atomic E-state index is 12.0. The van der Waals surface area contributed by atoms with E-state index in [1.165, 1.54) is 11.3 Å². The van der Waals surface area contributed by atoms with E-state index in [-0.39, 0.29) is 5.91 Å². The van der Waals surface area contributed by atoms with Crippen molar-refractivity contribution in [2.45, 2.75) is 33.6 Å². The van der Waals surface area contributed by atoms with Crippen LogP contribution in [0.25, 0.3) is 0 Å². The van der Waals surface area contributed by atoms with Crippen LogP contribution >= 0.6 is 11.3 Å². The average molecular weight is 264 g/mol. The largest absolute Gasteiger partial charge is 0.466 e. The van der Waals surface area contributed by atoms with E-state index in [0.29, 0.717) is 22.4 Å². The van der Waals surface area contributed by atoms with Crippen LogP contribution in [-0.2, 0) is 0 Å². The monoisotopic (exact) mass is 264 g/mol. The van der Waals surface area contributed by atoms with Gasteiger partial charge in [-0.2, -0.15) is 0 Å². The lowest BCUT2D eigenvalue weighted by molar-refractivity contribution is 0.102. The molecule has 0 bridgehead atoms. The first-order chi connectivity index (χ1) is 8.47. The Morgan fingerprint density at radius 1 is 1.44 bits per heavy atom. The molecule has 0 spiro atoms. The van der Waals surface area contributed by atoms with Gasteiger partial charge in [-0.15, -0.1) is 11.3 Å². The smallest absolute Gasteiger partial charge is 0.260 e. The van der Waals surface area contributed by atoms with Gasteiger partial charge in [0.2, 0.25) is 0 Å². The summed E-state index contributed by atoms with van der Waals surface area (Å²) >= 11 is 1.44. The fraction of sp³-hybridized carbons (Fsp3) is 0.385. The predicted octanol–water partition coefficient (Wildman–Crippen LogP) is 3.73. The van der Waals surface area contributed by atoms with Crippen molar-refractivity contribution in [3.8, 4) is 0 Å². The zero-order valence-electron chi connectivity index (χ0n) is 10.9. The summed E-state index contributed by atoms with van der Waals surface area (Å²) in [6.07, 6.45) is 0. The van der Waals surface area contributed by atoms with Gasteiger partial charge in [0.05, 0.1) is 11.3 Å². The van der Waals surface area contributed by atoms with Crippen LogP contribution in [0.1, 0.15) is 47.3 Å². The van der Waals surface area contributed by atoms with Crippen molar-refractivity contribution in [3.63, 3.8) is 0 Å². The summed E-state index contributed by atoms with van der Waals surface area (Å²) in [5.74, 6) is 1.56. The summed E-state index contributed by atoms with van der Waals surface area (Å²) < 4.78 is 5.34. The maximum Gasteiger partial charge on any atom is 0.260 e. The highest BCUT2D eigenvalue weighted by atomic mass is 32.1. The van der Waals surface area contributed by atoms with Crippen molar-refractivity contribution in [1.82, 2.24) is 4.98 Å². The molecule has 2 aromatic rings. The standard InChI is InChI=1S/C13H16N2O2S/c1-7(2)11-6-18-13(14-11)15-12(16)10-5-8(3)17-9(10)4/h5-7H,1-4H3,(H,14,15,16). The minimum Gasteiger partial charge on any atom is -0.466 e. The number of aryl methyl sites for hydroxylation is 2. The Hall–Kier alpha value is -1.62. The number of hydrogen-bond donors (Lipinski definition) is 1. The van der Waals surface area contributed by atoms with Crippen molar-refractivity contribution < 1.29 is 9.21 Å². The van der Waals surface area contributed by atoms with E-state index < -0.39 is 0 Å². The summed E-state index contributed by atoms with van der Waals surface area (Å²) in [5.41, 5.74) is 1.56. The first kappa shape index (κ1) is 12.8. The van der Waals surface area contributed by atoms with Crippen molar-refractivity contribution in [1.29, 1.82) is 0 Å². The summed E-state index contributed by atoms with van der Waals surface area (Å²) in [5, 5.41) is 5.39. The SMILES string of the molecule is Cc1cc(C(=O)Nc2nc(C(C)C)cs2)c(C)o1. The molecule has 0 aliphatic carbocycles. The van der Waals surface area contributed by atoms with Gasteiger partial charge >= 0.3 is 0 Å². The van der Waals surface area contributed by atoms with Crippen molar-refractivity contribution in [2.24, 2.45) is 0 Å². The van der Waals surface area contributed by atoms with Crippen LogP contribution in [0.15, 0.2) is 15.9 Å². The van der Waals surface area contributed by atoms with Crippen LogP contribution < -0.4 is 5.32 Å². The van der Waals surface area contributed by atoms with Gasteiger partial charge in [-0.25, -0.2) is 4.98 Å². The first-order valence-corrected chi connectivity index (χ1v) is 6.69. The van der Waals surface area contributed by atoms with E-state index in [0.717, 1.165) is 11.5 Å². The molecular formula is C13H16N2O2S. The minimum absolute atomic E-state index is 0.172. The number of nitrogens with zero attached hydrogens (tertiary/aromatic N) is 1. The Labute approximate surface area is 110 Å². The number of amides is 1. The lowest BCUT2D eigenvalue weighted by atomic mass is 10.2. The Balaban J connectivity index is 2.13. The molecule has 0 aliphatic rings. The van der Waals surface area contributed by atoms with Crippen LogP contribution in [0, 0.1) is 13.8 Å². The fourth-order valence-electron chi connectivity index (χ4n) is 1.63. The zero-order valence-corrected chi connectivity index (χ0v) is 11.7. The fourth-order valence-corrected chi connectivity index (χ4v) is 2.50. The van der Waals surface area contributed by atoms with Crippen LogP contribution in [0.2, 0.25) is 0 Å². The molecule has 18 heavy (non-hydrogen) atoms. The van der Waals surface area contributed by atoms with Gasteiger partial charge in [-0.3, -0.25) is 10.1 Å². The molecule has 0 saturated heterocycles. The third-order valence-electron chi connectivity index (χ3n) is 2.62. The Morgan fingerprint density at radius 2 is 2.17 bits per heavy atom. The average Bonchev–Trinajstić information content (AvgIpc) is 2.85. The van der Waals surface area contributed by atoms with E-state index in [1.807, 2.05) is 12.3 Å². The van der Waals surface area contributed by atoms with E-state index in [1.54, 1.807) is 13.0 Å². The highest BCUT2D eigenvalue weighted by Gasteiger charge is 2.15. The molecule has 1 amide bonds. The Kier molecular flexibility index (Phi) is 3.52. The summed E-state index contributed by atoms with van der Waals surface area (Å²) in [6, 6.07) is 1.74. The number of aromatic nitrogens is 1. The molecule has 0 unspecified atom stereocenters. The summed E-state index contributed by atoms with van der Waals surface area (Å²) in [4.78, 5) is 16.4. The molecule has 0 atom stereocenters. The van der Waals surface area contributed by atoms with Gasteiger partial charge in [0.15, 0.2) is 5.13 Å². The van der Waals surface area contributed by atoms with Crippen LogP contribution in [0.3, 0.4) is 0 Å². The quantitative estimate of drug-likeness (QED) is 0.919. The molecule has 0 aromatic carbocycles. The number of nitrogens with one attached hydrogen (secondary N) is 1. The molecule has 2 heterocycles. The number of carbonyl (C=O) groups is 1. The first-order valence-electron chi connectivity index (χ1n) is 5.81. The van der Waals surface area contributed by atoms with E-state index >= 15 is 0 Å². The molecule has 0 fully saturated rings. The van der Waals surface area contributed by atoms with Crippen LogP contribution in [-0.4, -0.2) is 10.9 Å². The number of carbonyl (C=O) groups excluding carboxylic acids is 1. The Bertz CT molecular complexity index is 569. The van der Waals surface area contributed by atoms with Gasteiger partial charge in [-0.1, -0.05) is 13.8 Å². The van der Waals surface area contributed by atoms with Crippen LogP contribution in [0.4, 0.5) is 5.13 Å². The summed E-state index contributed by atoms with van der Waals surface area (Å²) in [6.45, 7) is 7.75. The van der Waals surface area contributed by atoms with E-state index in [2.05, 4.69) is 24.1 Å². The zero-order chi connectivity index (χ0) is 13.3. The van der Waals surface area contributed by atoms with Gasteiger partial charge in [-0.05, 0) is 25.8 Å². The highest BCUT2D eigenvalue weighted by Crippen LogP contribution is 2.22. The molecule has 5 heteroatoms. The molecule has 2 aromatic heterocycles. The molecule has 1 N–H and O–H groups in total. The van der Waals surface area contributed by atoms with Crippen molar-refractivity contribution in [3.05, 3.63) is 34.2 Å². The molecule has 0 aliphatic heterocycles. The number of furan rings is 1. The van der Waals surface area contributed by atoms with Crippen molar-refractivity contribution in [2.75, 3.05) is 5.32 Å². The summed E-state index contributed by atoms with van der Waals surface area (Å²) in [7, 11) is 0. The topological polar surface area (TPSA) is 55.1 Å². The molecule has 2 rings (SSSR count). The van der Waals surface area contributed by atoms with Crippen LogP contribution in [0.5, 0.6) is 0 Å². The molecule has 0 radical (unpaired) electrons. The minimum atomic E-state index is -0.172. The lowest BCUT2D eigenvalue weighted by Gasteiger charge is -2.00. The molecule has 96 valence electrons. The third kappa shape index (κ3) is 2.61. The van der Waals surface area contributed by atoms with Crippen molar-refractivity contribution >= 4 is 22.4 Å². The van der Waals surface area contributed by atoms with Gasteiger partial charge in [0.1, 0.15) is 11.5 Å². The number of rotatable bonds is 3. The highest BCUT2D eigenvalue weighted by molar-refractivity contribution is 7.14. The molecular weight excluding hydrogens is 248 g/mol. The second-order valence-electron chi connectivity index (χ2n) is 4.51. The number of anilines is 1. The predicted molar refractivity (Wildman–Crippen MR) is 72.3 cm³/mol. The number of thiazole rings is 1. The van der Waals surface area contributed by atoms with E-state index in [9.17, 15) is 4.79 Å². The maximum atomic E-state index is 12.0. The third-order valence-corrected chi connectivity index (χ3v) is 3.40. The van der Waals surface area contributed by atoms with E-state index in [4.69, 9.17) is 4.42 Å². The number of hydrogen-bond acceptors (Lipinski definition) is 4. The van der Waals surface area contributed by atoms with Gasteiger partial charge in [0, 0.05) is 5.38 Å². The lowest BCUT2D eigenvalue weighted by Crippen LogP contribution is -2.12. The normalized spacial score (nSPS) is 10.9. The van der Waals surface area contributed by atoms with Gasteiger partial charge < -0.3 is 4.42 Å². The second kappa shape index (κ2) is 4.94. The molecule has 4 nitrogen and oxygen atoms in total. The second-order valence-corrected chi connectivity index (χ2v) is 5.37. The van der Waals surface area contributed by atoms with Gasteiger partial charge in [0.25, 0.3) is 5.91 Å². The Morgan fingerprint density at radius 3 is 2.67 bits per heavy atom. The molecule has 0 saturated carbocycles.